The number of ether oxygens (including phenoxy) is 2. The maximum absolute atomic E-state index is 13.1. The Kier molecular flexibility index (Phi) is 5.53. The molecule has 0 bridgehead atoms. The molecular weight excluding hydrogens is 352 g/mol. The Morgan fingerprint density at radius 1 is 0.929 bits per heavy atom. The molecule has 28 heavy (non-hydrogen) atoms. The van der Waals surface area contributed by atoms with Gasteiger partial charge in [0.2, 0.25) is 12.7 Å². The van der Waals surface area contributed by atoms with E-state index in [-0.39, 0.29) is 18.6 Å². The van der Waals surface area contributed by atoms with Gasteiger partial charge in [0.05, 0.1) is 0 Å². The Balaban J connectivity index is 1.53. The summed E-state index contributed by atoms with van der Waals surface area (Å²) in [5, 5.41) is 0. The van der Waals surface area contributed by atoms with Gasteiger partial charge in [-0.1, -0.05) is 36.4 Å². The van der Waals surface area contributed by atoms with Crippen molar-refractivity contribution in [2.45, 2.75) is 32.2 Å². The lowest BCUT2D eigenvalue weighted by atomic mass is 9.87. The molecule has 1 atom stereocenters. The van der Waals surface area contributed by atoms with Crippen LogP contribution in [0.2, 0.25) is 0 Å². The van der Waals surface area contributed by atoms with E-state index in [1.165, 1.54) is 0 Å². The van der Waals surface area contributed by atoms with E-state index in [1.54, 1.807) is 0 Å². The van der Waals surface area contributed by atoms with Crippen molar-refractivity contribution >= 4 is 5.91 Å². The quantitative estimate of drug-likeness (QED) is 0.796. The zero-order chi connectivity index (χ0) is 19.5. The smallest absolute Gasteiger partial charge is 0.231 e. The molecule has 0 N–H and O–H groups in total. The fourth-order valence-corrected chi connectivity index (χ4v) is 4.03. The van der Waals surface area contributed by atoms with E-state index in [0.29, 0.717) is 12.5 Å². The summed E-state index contributed by atoms with van der Waals surface area (Å²) in [5.41, 5.74) is 2.24. The highest BCUT2D eigenvalue weighted by Crippen LogP contribution is 2.37. The van der Waals surface area contributed by atoms with Gasteiger partial charge in [-0.2, -0.15) is 0 Å². The van der Waals surface area contributed by atoms with Gasteiger partial charge in [0.15, 0.2) is 11.5 Å². The predicted molar refractivity (Wildman–Crippen MR) is 109 cm³/mol. The molecule has 2 aromatic rings. The molecule has 1 fully saturated rings. The summed E-state index contributed by atoms with van der Waals surface area (Å²) in [6.45, 7) is 8.19. The van der Waals surface area contributed by atoms with Crippen molar-refractivity contribution in [1.29, 1.82) is 0 Å². The normalized spacial score (nSPS) is 17.8. The Hall–Kier alpha value is -2.53. The van der Waals surface area contributed by atoms with Gasteiger partial charge >= 0.3 is 0 Å². The summed E-state index contributed by atoms with van der Waals surface area (Å²) in [6.07, 6.45) is 0.464. The topological polar surface area (TPSA) is 42.0 Å². The third-order valence-corrected chi connectivity index (χ3v) is 5.78. The Morgan fingerprint density at radius 2 is 1.64 bits per heavy atom. The second kappa shape index (κ2) is 8.23. The van der Waals surface area contributed by atoms with Gasteiger partial charge in [-0.3, -0.25) is 9.69 Å². The first-order valence-corrected chi connectivity index (χ1v) is 10.1. The highest BCUT2D eigenvalue weighted by atomic mass is 16.7. The summed E-state index contributed by atoms with van der Waals surface area (Å²) in [7, 11) is 0. The molecule has 2 aromatic carbocycles. The number of amides is 1. The molecule has 2 aliphatic rings. The number of benzene rings is 2. The largest absolute Gasteiger partial charge is 0.454 e. The molecule has 0 aromatic heterocycles. The molecule has 0 saturated carbocycles. The standard InChI is InChI=1S/C23H28N2O3/c1-17(2)24-10-12-25(13-11-24)23(26)15-20(18-6-4-3-5-7-18)19-8-9-21-22(14-19)28-16-27-21/h3-9,14,17,20H,10-13,15-16H2,1-2H3. The van der Waals surface area contributed by atoms with Gasteiger partial charge in [-0.05, 0) is 37.1 Å². The molecular formula is C23H28N2O3. The van der Waals surface area contributed by atoms with Crippen molar-refractivity contribution in [3.8, 4) is 11.5 Å². The fourth-order valence-electron chi connectivity index (χ4n) is 4.03. The summed E-state index contributed by atoms with van der Waals surface area (Å²) in [5.74, 6) is 1.75. The second-order valence-electron chi connectivity index (χ2n) is 7.79. The van der Waals surface area contributed by atoms with Crippen LogP contribution in [-0.2, 0) is 4.79 Å². The third kappa shape index (κ3) is 3.99. The van der Waals surface area contributed by atoms with Gasteiger partial charge in [0.1, 0.15) is 0 Å². The van der Waals surface area contributed by atoms with Crippen LogP contribution in [-0.4, -0.2) is 54.7 Å². The first kappa shape index (κ1) is 18.8. The maximum atomic E-state index is 13.1. The lowest BCUT2D eigenvalue weighted by Crippen LogP contribution is -2.50. The number of carbonyl (C=O) groups is 1. The lowest BCUT2D eigenvalue weighted by molar-refractivity contribution is -0.133. The minimum Gasteiger partial charge on any atom is -0.454 e. The Labute approximate surface area is 166 Å². The Bertz CT molecular complexity index is 814. The van der Waals surface area contributed by atoms with E-state index in [0.717, 1.165) is 48.8 Å². The van der Waals surface area contributed by atoms with Crippen LogP contribution in [0.15, 0.2) is 48.5 Å². The summed E-state index contributed by atoms with van der Waals surface area (Å²) >= 11 is 0. The van der Waals surface area contributed by atoms with E-state index < -0.39 is 0 Å². The van der Waals surface area contributed by atoms with Crippen molar-refractivity contribution < 1.29 is 14.3 Å². The highest BCUT2D eigenvalue weighted by Gasteiger charge is 2.27. The first-order valence-electron chi connectivity index (χ1n) is 10.1. The number of nitrogens with zero attached hydrogens (tertiary/aromatic N) is 2. The molecule has 2 heterocycles. The third-order valence-electron chi connectivity index (χ3n) is 5.78. The van der Waals surface area contributed by atoms with Crippen LogP contribution in [0, 0.1) is 0 Å². The van der Waals surface area contributed by atoms with Crippen LogP contribution in [0.3, 0.4) is 0 Å². The second-order valence-corrected chi connectivity index (χ2v) is 7.79. The van der Waals surface area contributed by atoms with Crippen LogP contribution < -0.4 is 9.47 Å². The highest BCUT2D eigenvalue weighted by molar-refractivity contribution is 5.78. The van der Waals surface area contributed by atoms with Crippen molar-refractivity contribution in [3.05, 3.63) is 59.7 Å². The fraction of sp³-hybridized carbons (Fsp3) is 0.435. The van der Waals surface area contributed by atoms with Crippen LogP contribution >= 0.6 is 0 Å². The van der Waals surface area contributed by atoms with E-state index in [9.17, 15) is 4.79 Å². The predicted octanol–water partition coefficient (Wildman–Crippen LogP) is 3.49. The van der Waals surface area contributed by atoms with Crippen LogP contribution in [0.5, 0.6) is 11.5 Å². The minimum atomic E-state index is 0.00586. The molecule has 1 saturated heterocycles. The van der Waals surface area contributed by atoms with E-state index in [4.69, 9.17) is 9.47 Å². The molecule has 4 rings (SSSR count). The van der Waals surface area contributed by atoms with Crippen LogP contribution in [0.25, 0.3) is 0 Å². The van der Waals surface area contributed by atoms with Crippen molar-refractivity contribution in [2.75, 3.05) is 33.0 Å². The number of hydrogen-bond donors (Lipinski definition) is 0. The number of fused-ring (bicyclic) bond motifs is 1. The van der Waals surface area contributed by atoms with E-state index >= 15 is 0 Å². The molecule has 2 aliphatic heterocycles. The zero-order valence-corrected chi connectivity index (χ0v) is 16.6. The number of piperazine rings is 1. The van der Waals surface area contributed by atoms with Gasteiger partial charge < -0.3 is 14.4 Å². The summed E-state index contributed by atoms with van der Waals surface area (Å²) in [6, 6.07) is 16.8. The molecule has 0 aliphatic carbocycles. The SMILES string of the molecule is CC(C)N1CCN(C(=O)CC(c2ccccc2)c2ccc3c(c2)OCO3)CC1. The number of rotatable bonds is 5. The van der Waals surface area contributed by atoms with Gasteiger partial charge in [0.25, 0.3) is 0 Å². The summed E-state index contributed by atoms with van der Waals surface area (Å²) < 4.78 is 11.0. The number of hydrogen-bond acceptors (Lipinski definition) is 4. The first-order chi connectivity index (χ1) is 13.6. The average molecular weight is 380 g/mol. The molecule has 1 unspecified atom stereocenters. The molecule has 148 valence electrons. The van der Waals surface area contributed by atoms with Crippen LogP contribution in [0.1, 0.15) is 37.3 Å². The van der Waals surface area contributed by atoms with Crippen LogP contribution in [0.4, 0.5) is 0 Å². The molecule has 1 amide bonds. The molecule has 0 spiro atoms. The van der Waals surface area contributed by atoms with Gasteiger partial charge in [-0.25, -0.2) is 0 Å². The van der Waals surface area contributed by atoms with E-state index in [1.807, 2.05) is 35.2 Å². The maximum Gasteiger partial charge on any atom is 0.231 e. The molecule has 5 heteroatoms. The average Bonchev–Trinajstić information content (AvgIpc) is 3.20. The lowest BCUT2D eigenvalue weighted by Gasteiger charge is -2.37. The zero-order valence-electron chi connectivity index (χ0n) is 16.6. The van der Waals surface area contributed by atoms with Gasteiger partial charge in [0, 0.05) is 44.6 Å². The van der Waals surface area contributed by atoms with E-state index in [2.05, 4.69) is 36.9 Å². The van der Waals surface area contributed by atoms with Gasteiger partial charge in [-0.15, -0.1) is 0 Å². The van der Waals surface area contributed by atoms with Crippen molar-refractivity contribution in [3.63, 3.8) is 0 Å². The minimum absolute atomic E-state index is 0.00586. The van der Waals surface area contributed by atoms with Crippen molar-refractivity contribution in [2.24, 2.45) is 0 Å². The monoisotopic (exact) mass is 380 g/mol. The Morgan fingerprint density at radius 3 is 2.36 bits per heavy atom. The molecule has 5 nitrogen and oxygen atoms in total. The molecule has 0 radical (unpaired) electrons. The van der Waals surface area contributed by atoms with Crippen molar-refractivity contribution in [1.82, 2.24) is 9.80 Å². The summed E-state index contributed by atoms with van der Waals surface area (Å²) in [4.78, 5) is 17.6. The number of carbonyl (C=O) groups excluding carboxylic acids is 1.